The van der Waals surface area contributed by atoms with E-state index in [4.69, 9.17) is 10.5 Å². The molecule has 4 nitrogen and oxygen atoms in total. The second kappa shape index (κ2) is 4.94. The molecule has 1 saturated heterocycles. The Morgan fingerprint density at radius 1 is 1.29 bits per heavy atom. The lowest BCUT2D eigenvalue weighted by Gasteiger charge is -2.37. The number of rotatable bonds is 3. The van der Waals surface area contributed by atoms with Crippen molar-refractivity contribution in [1.82, 2.24) is 5.32 Å². The van der Waals surface area contributed by atoms with E-state index in [0.29, 0.717) is 13.2 Å². The van der Waals surface area contributed by atoms with Crippen LogP contribution in [0.3, 0.4) is 0 Å². The first-order valence-electron chi connectivity index (χ1n) is 6.71. The quantitative estimate of drug-likeness (QED) is 0.779. The summed E-state index contributed by atoms with van der Waals surface area (Å²) in [6, 6.07) is 0. The van der Waals surface area contributed by atoms with Crippen LogP contribution < -0.4 is 11.1 Å². The molecule has 0 bridgehead atoms. The number of ether oxygens (including phenoxy) is 1. The summed E-state index contributed by atoms with van der Waals surface area (Å²) in [5.41, 5.74) is 5.37. The summed E-state index contributed by atoms with van der Waals surface area (Å²) < 4.78 is 5.37. The van der Waals surface area contributed by atoms with Crippen LogP contribution in [0.25, 0.3) is 0 Å². The topological polar surface area (TPSA) is 64.4 Å². The van der Waals surface area contributed by atoms with Gasteiger partial charge in [-0.15, -0.1) is 0 Å². The standard InChI is InChI=1S/C13H24N2O2/c1-12(7-8-17-10-12)15-11(16)13(9-14)5-3-2-4-6-13/h2-10,14H2,1H3,(H,15,16). The minimum Gasteiger partial charge on any atom is -0.379 e. The van der Waals surface area contributed by atoms with Crippen LogP contribution in [-0.4, -0.2) is 31.2 Å². The molecule has 1 heterocycles. The number of carbonyl (C=O) groups is 1. The van der Waals surface area contributed by atoms with Gasteiger partial charge in [-0.2, -0.15) is 0 Å². The van der Waals surface area contributed by atoms with Crippen LogP contribution in [0, 0.1) is 5.41 Å². The minimum atomic E-state index is -0.316. The van der Waals surface area contributed by atoms with Crippen LogP contribution >= 0.6 is 0 Å². The molecule has 1 amide bonds. The zero-order valence-corrected chi connectivity index (χ0v) is 10.8. The molecule has 1 aliphatic heterocycles. The third kappa shape index (κ3) is 2.63. The molecule has 2 rings (SSSR count). The number of nitrogens with one attached hydrogen (secondary N) is 1. The fourth-order valence-electron chi connectivity index (χ4n) is 2.92. The number of carbonyl (C=O) groups excluding carboxylic acids is 1. The van der Waals surface area contributed by atoms with Crippen molar-refractivity contribution in [2.24, 2.45) is 11.1 Å². The van der Waals surface area contributed by atoms with Crippen LogP contribution in [0.15, 0.2) is 0 Å². The highest BCUT2D eigenvalue weighted by Gasteiger charge is 2.42. The van der Waals surface area contributed by atoms with Crippen LogP contribution in [0.1, 0.15) is 45.4 Å². The average Bonchev–Trinajstić information content (AvgIpc) is 2.76. The Balaban J connectivity index is 2.01. The Kier molecular flexibility index (Phi) is 3.73. The van der Waals surface area contributed by atoms with Crippen molar-refractivity contribution in [3.05, 3.63) is 0 Å². The highest BCUT2D eigenvalue weighted by Crippen LogP contribution is 2.36. The number of hydrogen-bond acceptors (Lipinski definition) is 3. The van der Waals surface area contributed by atoms with Gasteiger partial charge in [0.05, 0.1) is 17.6 Å². The molecule has 1 saturated carbocycles. The molecule has 0 radical (unpaired) electrons. The third-order valence-corrected chi connectivity index (χ3v) is 4.32. The first-order chi connectivity index (χ1) is 8.10. The van der Waals surface area contributed by atoms with E-state index in [1.807, 2.05) is 0 Å². The number of hydrogen-bond donors (Lipinski definition) is 2. The van der Waals surface area contributed by atoms with Gasteiger partial charge in [-0.1, -0.05) is 19.3 Å². The lowest BCUT2D eigenvalue weighted by atomic mass is 9.73. The van der Waals surface area contributed by atoms with Crippen molar-refractivity contribution >= 4 is 5.91 Å². The van der Waals surface area contributed by atoms with Gasteiger partial charge in [0.25, 0.3) is 0 Å². The van der Waals surface area contributed by atoms with Crippen molar-refractivity contribution in [1.29, 1.82) is 0 Å². The predicted octanol–water partition coefficient (Wildman–Crippen LogP) is 1.19. The van der Waals surface area contributed by atoms with Gasteiger partial charge >= 0.3 is 0 Å². The largest absolute Gasteiger partial charge is 0.379 e. The second-order valence-electron chi connectivity index (χ2n) is 5.86. The summed E-state index contributed by atoms with van der Waals surface area (Å²) in [6.45, 7) is 3.90. The Labute approximate surface area is 103 Å². The highest BCUT2D eigenvalue weighted by molar-refractivity contribution is 5.83. The van der Waals surface area contributed by atoms with Crippen molar-refractivity contribution < 1.29 is 9.53 Å². The molecule has 2 fully saturated rings. The van der Waals surface area contributed by atoms with E-state index in [2.05, 4.69) is 12.2 Å². The molecule has 1 aliphatic carbocycles. The van der Waals surface area contributed by atoms with Crippen molar-refractivity contribution in [2.75, 3.05) is 19.8 Å². The summed E-state index contributed by atoms with van der Waals surface area (Å²) >= 11 is 0. The molecular formula is C13H24N2O2. The van der Waals surface area contributed by atoms with E-state index in [-0.39, 0.29) is 16.9 Å². The van der Waals surface area contributed by atoms with E-state index in [9.17, 15) is 4.79 Å². The molecule has 1 unspecified atom stereocenters. The van der Waals surface area contributed by atoms with E-state index in [0.717, 1.165) is 38.7 Å². The fraction of sp³-hybridized carbons (Fsp3) is 0.923. The highest BCUT2D eigenvalue weighted by atomic mass is 16.5. The Morgan fingerprint density at radius 2 is 2.00 bits per heavy atom. The van der Waals surface area contributed by atoms with Crippen LogP contribution in [0.2, 0.25) is 0 Å². The maximum absolute atomic E-state index is 12.5. The lowest BCUT2D eigenvalue weighted by Crippen LogP contribution is -2.55. The molecule has 0 aromatic carbocycles. The molecule has 2 aliphatic rings. The summed E-state index contributed by atoms with van der Waals surface area (Å²) in [4.78, 5) is 12.5. The molecule has 0 aromatic heterocycles. The SMILES string of the molecule is CC1(NC(=O)C2(CN)CCCCC2)CCOC1. The summed E-state index contributed by atoms with van der Waals surface area (Å²) in [7, 11) is 0. The van der Waals surface area contributed by atoms with Gasteiger partial charge in [-0.05, 0) is 26.2 Å². The molecule has 98 valence electrons. The van der Waals surface area contributed by atoms with E-state index in [1.165, 1.54) is 6.42 Å². The number of nitrogens with two attached hydrogens (primary N) is 1. The average molecular weight is 240 g/mol. The Hall–Kier alpha value is -0.610. The van der Waals surface area contributed by atoms with Gasteiger partial charge in [0.1, 0.15) is 0 Å². The van der Waals surface area contributed by atoms with Crippen LogP contribution in [0.5, 0.6) is 0 Å². The van der Waals surface area contributed by atoms with Crippen LogP contribution in [0.4, 0.5) is 0 Å². The van der Waals surface area contributed by atoms with E-state index >= 15 is 0 Å². The summed E-state index contributed by atoms with van der Waals surface area (Å²) in [5.74, 6) is 0.146. The lowest BCUT2D eigenvalue weighted by molar-refractivity contribution is -0.134. The van der Waals surface area contributed by atoms with Gasteiger partial charge in [-0.25, -0.2) is 0 Å². The fourth-order valence-corrected chi connectivity index (χ4v) is 2.92. The maximum atomic E-state index is 12.5. The normalized spacial score (nSPS) is 32.4. The van der Waals surface area contributed by atoms with Crippen molar-refractivity contribution in [2.45, 2.75) is 51.0 Å². The van der Waals surface area contributed by atoms with Gasteiger partial charge in [0.2, 0.25) is 5.91 Å². The first-order valence-corrected chi connectivity index (χ1v) is 6.71. The van der Waals surface area contributed by atoms with Gasteiger partial charge < -0.3 is 15.8 Å². The molecule has 17 heavy (non-hydrogen) atoms. The molecule has 0 aromatic rings. The zero-order valence-electron chi connectivity index (χ0n) is 10.8. The monoisotopic (exact) mass is 240 g/mol. The first kappa shape index (κ1) is 12.8. The maximum Gasteiger partial charge on any atom is 0.227 e. The van der Waals surface area contributed by atoms with E-state index in [1.54, 1.807) is 0 Å². The van der Waals surface area contributed by atoms with Gasteiger partial charge in [-0.3, -0.25) is 4.79 Å². The smallest absolute Gasteiger partial charge is 0.227 e. The molecule has 1 atom stereocenters. The Morgan fingerprint density at radius 3 is 2.53 bits per heavy atom. The van der Waals surface area contributed by atoms with Crippen molar-refractivity contribution in [3.8, 4) is 0 Å². The van der Waals surface area contributed by atoms with Crippen molar-refractivity contribution in [3.63, 3.8) is 0 Å². The van der Waals surface area contributed by atoms with Gasteiger partial charge in [0.15, 0.2) is 0 Å². The zero-order chi connectivity index (χ0) is 12.4. The molecular weight excluding hydrogens is 216 g/mol. The predicted molar refractivity (Wildman–Crippen MR) is 66.6 cm³/mol. The Bertz CT molecular complexity index is 279. The van der Waals surface area contributed by atoms with E-state index < -0.39 is 0 Å². The number of amides is 1. The molecule has 4 heteroatoms. The van der Waals surface area contributed by atoms with Crippen LogP contribution in [-0.2, 0) is 9.53 Å². The summed E-state index contributed by atoms with van der Waals surface area (Å²) in [5, 5.41) is 3.17. The molecule has 3 N–H and O–H groups in total. The second-order valence-corrected chi connectivity index (χ2v) is 5.86. The minimum absolute atomic E-state index is 0.146. The van der Waals surface area contributed by atoms with Gasteiger partial charge in [0, 0.05) is 13.2 Å². The molecule has 0 spiro atoms. The third-order valence-electron chi connectivity index (χ3n) is 4.32. The summed E-state index contributed by atoms with van der Waals surface area (Å²) in [6.07, 6.45) is 6.25.